The zero-order valence-corrected chi connectivity index (χ0v) is 17.2. The molecule has 2 aromatic carbocycles. The summed E-state index contributed by atoms with van der Waals surface area (Å²) >= 11 is 0. The van der Waals surface area contributed by atoms with Crippen LogP contribution in [0.3, 0.4) is 0 Å². The average molecular weight is 387 g/mol. The summed E-state index contributed by atoms with van der Waals surface area (Å²) < 4.78 is 21.5. The van der Waals surface area contributed by atoms with Gasteiger partial charge in [0, 0.05) is 37.8 Å². The molecule has 0 amide bonds. The fourth-order valence-corrected chi connectivity index (χ4v) is 2.82. The molecule has 152 valence electrons. The summed E-state index contributed by atoms with van der Waals surface area (Å²) in [5, 5.41) is 6.61. The smallest absolute Gasteiger partial charge is 0.191 e. The van der Waals surface area contributed by atoms with Gasteiger partial charge in [0.25, 0.3) is 0 Å². The Morgan fingerprint density at radius 2 is 1.54 bits per heavy atom. The molecule has 28 heavy (non-hydrogen) atoms. The van der Waals surface area contributed by atoms with Gasteiger partial charge in [0.05, 0.1) is 28.4 Å². The largest absolute Gasteiger partial charge is 0.497 e. The minimum Gasteiger partial charge on any atom is -0.497 e. The molecule has 0 bridgehead atoms. The zero-order chi connectivity index (χ0) is 20.4. The number of aliphatic imine (C=N–C) groups is 1. The number of ether oxygens (including phenoxy) is 4. The summed E-state index contributed by atoms with van der Waals surface area (Å²) in [5.74, 6) is 3.71. The van der Waals surface area contributed by atoms with Crippen LogP contribution in [0.25, 0.3) is 0 Å². The molecule has 2 aromatic rings. The van der Waals surface area contributed by atoms with Crippen LogP contribution in [0.4, 0.5) is 0 Å². The molecular formula is C21H29N3O4. The third-order valence-electron chi connectivity index (χ3n) is 4.30. The van der Waals surface area contributed by atoms with E-state index in [-0.39, 0.29) is 0 Å². The average Bonchev–Trinajstić information content (AvgIpc) is 2.75. The zero-order valence-electron chi connectivity index (χ0n) is 17.2. The summed E-state index contributed by atoms with van der Waals surface area (Å²) in [7, 11) is 8.30. The maximum atomic E-state index is 5.50. The molecule has 0 aromatic heterocycles. The first-order chi connectivity index (χ1) is 13.6. The van der Waals surface area contributed by atoms with Crippen molar-refractivity contribution in [2.75, 3.05) is 42.0 Å². The summed E-state index contributed by atoms with van der Waals surface area (Å²) in [6.45, 7) is 1.31. The van der Waals surface area contributed by atoms with Crippen molar-refractivity contribution in [3.63, 3.8) is 0 Å². The van der Waals surface area contributed by atoms with E-state index in [1.54, 1.807) is 35.5 Å². The monoisotopic (exact) mass is 387 g/mol. The highest BCUT2D eigenvalue weighted by atomic mass is 16.5. The second kappa shape index (κ2) is 10.9. The minimum absolute atomic E-state index is 0.645. The molecule has 0 atom stereocenters. The molecule has 2 N–H and O–H groups in total. The predicted octanol–water partition coefficient (Wildman–Crippen LogP) is 2.63. The van der Waals surface area contributed by atoms with E-state index < -0.39 is 0 Å². The van der Waals surface area contributed by atoms with Gasteiger partial charge in [0.15, 0.2) is 5.96 Å². The van der Waals surface area contributed by atoms with Gasteiger partial charge in [-0.15, -0.1) is 0 Å². The molecule has 0 fully saturated rings. The van der Waals surface area contributed by atoms with Crippen molar-refractivity contribution < 1.29 is 18.9 Å². The van der Waals surface area contributed by atoms with Gasteiger partial charge >= 0.3 is 0 Å². The molecule has 0 radical (unpaired) electrons. The van der Waals surface area contributed by atoms with E-state index in [2.05, 4.69) is 15.6 Å². The van der Waals surface area contributed by atoms with Crippen LogP contribution in [-0.2, 0) is 13.0 Å². The van der Waals surface area contributed by atoms with Crippen molar-refractivity contribution in [3.05, 3.63) is 47.5 Å². The van der Waals surface area contributed by atoms with Crippen LogP contribution in [0.15, 0.2) is 41.4 Å². The molecule has 0 spiro atoms. The second-order valence-corrected chi connectivity index (χ2v) is 5.96. The molecule has 0 heterocycles. The Bertz CT molecular complexity index is 768. The van der Waals surface area contributed by atoms with Crippen LogP contribution in [0.5, 0.6) is 23.0 Å². The van der Waals surface area contributed by atoms with Crippen LogP contribution >= 0.6 is 0 Å². The molecule has 0 saturated heterocycles. The number of hydrogen-bond acceptors (Lipinski definition) is 5. The molecule has 0 unspecified atom stereocenters. The fraction of sp³-hybridized carbons (Fsp3) is 0.381. The first-order valence-electron chi connectivity index (χ1n) is 9.01. The quantitative estimate of drug-likeness (QED) is 0.509. The Morgan fingerprint density at radius 3 is 2.11 bits per heavy atom. The van der Waals surface area contributed by atoms with Gasteiger partial charge in [-0.2, -0.15) is 0 Å². The minimum atomic E-state index is 0.645. The number of hydrogen-bond donors (Lipinski definition) is 2. The highest BCUT2D eigenvalue weighted by Gasteiger charge is 2.13. The Morgan fingerprint density at radius 1 is 0.857 bits per heavy atom. The van der Waals surface area contributed by atoms with E-state index in [4.69, 9.17) is 18.9 Å². The maximum absolute atomic E-state index is 5.50. The van der Waals surface area contributed by atoms with Crippen LogP contribution < -0.4 is 29.6 Å². The molecule has 0 aliphatic carbocycles. The van der Waals surface area contributed by atoms with Crippen LogP contribution in [0, 0.1) is 0 Å². The van der Waals surface area contributed by atoms with Gasteiger partial charge in [0.2, 0.25) is 0 Å². The molecule has 7 nitrogen and oxygen atoms in total. The standard InChI is InChI=1S/C21H29N3O4/c1-22-21(24-14-15-7-6-8-16(11-15)25-2)23-10-9-18-19(27-4)12-17(26-3)13-20(18)28-5/h6-8,11-13H,9-10,14H2,1-5H3,(H2,22,23,24). The van der Waals surface area contributed by atoms with Gasteiger partial charge in [-0.05, 0) is 24.1 Å². The molecule has 0 saturated carbocycles. The fourth-order valence-electron chi connectivity index (χ4n) is 2.82. The van der Waals surface area contributed by atoms with Crippen LogP contribution in [0.2, 0.25) is 0 Å². The lowest BCUT2D eigenvalue weighted by atomic mass is 10.1. The van der Waals surface area contributed by atoms with Crippen molar-refractivity contribution in [2.45, 2.75) is 13.0 Å². The van der Waals surface area contributed by atoms with Crippen molar-refractivity contribution in [1.82, 2.24) is 10.6 Å². The summed E-state index contributed by atoms with van der Waals surface area (Å²) in [6.07, 6.45) is 0.705. The lowest BCUT2D eigenvalue weighted by Crippen LogP contribution is -2.37. The Labute approximate surface area is 166 Å². The van der Waals surface area contributed by atoms with Gasteiger partial charge in [-0.25, -0.2) is 0 Å². The number of guanidine groups is 1. The Balaban J connectivity index is 1.95. The van der Waals surface area contributed by atoms with Crippen LogP contribution in [0.1, 0.15) is 11.1 Å². The SMILES string of the molecule is CN=C(NCCc1c(OC)cc(OC)cc1OC)NCc1cccc(OC)c1. The van der Waals surface area contributed by atoms with Crippen molar-refractivity contribution in [3.8, 4) is 23.0 Å². The van der Waals surface area contributed by atoms with E-state index in [1.807, 2.05) is 36.4 Å². The highest BCUT2D eigenvalue weighted by molar-refractivity contribution is 5.79. The van der Waals surface area contributed by atoms with Gasteiger partial charge in [-0.1, -0.05) is 12.1 Å². The lowest BCUT2D eigenvalue weighted by Gasteiger charge is -2.16. The third kappa shape index (κ3) is 5.70. The summed E-state index contributed by atoms with van der Waals surface area (Å²) in [4.78, 5) is 4.27. The topological polar surface area (TPSA) is 73.3 Å². The van der Waals surface area contributed by atoms with E-state index in [9.17, 15) is 0 Å². The Hall–Kier alpha value is -3.09. The number of nitrogens with zero attached hydrogens (tertiary/aromatic N) is 1. The summed E-state index contributed by atoms with van der Waals surface area (Å²) in [5.41, 5.74) is 2.09. The number of methoxy groups -OCH3 is 4. The lowest BCUT2D eigenvalue weighted by molar-refractivity contribution is 0.368. The van der Waals surface area contributed by atoms with Gasteiger partial charge in [0.1, 0.15) is 23.0 Å². The van der Waals surface area contributed by atoms with E-state index in [0.29, 0.717) is 31.2 Å². The van der Waals surface area contributed by atoms with Crippen LogP contribution in [-0.4, -0.2) is 48.0 Å². The highest BCUT2D eigenvalue weighted by Crippen LogP contribution is 2.34. The van der Waals surface area contributed by atoms with Crippen molar-refractivity contribution in [1.29, 1.82) is 0 Å². The number of benzene rings is 2. The molecule has 2 rings (SSSR count). The normalized spacial score (nSPS) is 11.0. The predicted molar refractivity (Wildman–Crippen MR) is 111 cm³/mol. The van der Waals surface area contributed by atoms with Crippen molar-refractivity contribution in [2.24, 2.45) is 4.99 Å². The molecule has 0 aliphatic rings. The summed E-state index contributed by atoms with van der Waals surface area (Å²) in [6, 6.07) is 11.6. The number of nitrogens with one attached hydrogen (secondary N) is 2. The molecule has 7 heteroatoms. The Kier molecular flexibility index (Phi) is 8.27. The number of rotatable bonds is 9. The third-order valence-corrected chi connectivity index (χ3v) is 4.30. The first-order valence-corrected chi connectivity index (χ1v) is 9.01. The van der Waals surface area contributed by atoms with Crippen molar-refractivity contribution >= 4 is 5.96 Å². The van der Waals surface area contributed by atoms with Gasteiger partial charge < -0.3 is 29.6 Å². The maximum Gasteiger partial charge on any atom is 0.191 e. The van der Waals surface area contributed by atoms with Gasteiger partial charge in [-0.3, -0.25) is 4.99 Å². The van der Waals surface area contributed by atoms with E-state index in [0.717, 1.165) is 28.4 Å². The van der Waals surface area contributed by atoms with E-state index in [1.165, 1.54) is 0 Å². The second-order valence-electron chi connectivity index (χ2n) is 5.96. The molecule has 0 aliphatic heterocycles. The molecular weight excluding hydrogens is 358 g/mol. The first kappa shape index (κ1) is 21.2. The van der Waals surface area contributed by atoms with E-state index >= 15 is 0 Å².